The number of nitrogens with two attached hydrogens (primary N) is 1. The van der Waals surface area contributed by atoms with E-state index < -0.39 is 0 Å². The molecule has 0 aliphatic heterocycles. The van der Waals surface area contributed by atoms with Crippen LogP contribution in [-0.2, 0) is 6.42 Å². The normalized spacial score (nSPS) is 12.8. The van der Waals surface area contributed by atoms with Crippen molar-refractivity contribution in [1.82, 2.24) is 15.3 Å². The molecule has 1 rings (SSSR count). The molecule has 1 unspecified atom stereocenters. The zero-order valence-electron chi connectivity index (χ0n) is 10.5. The van der Waals surface area contributed by atoms with Crippen LogP contribution in [0, 0.1) is 0 Å². The topological polar surface area (TPSA) is 66.7 Å². The van der Waals surface area contributed by atoms with Crippen LogP contribution in [0.4, 0.5) is 0 Å². The molecule has 4 heteroatoms. The minimum atomic E-state index is -0.153. The Hall–Kier alpha value is -2.07. The van der Waals surface area contributed by atoms with Crippen molar-refractivity contribution in [2.75, 3.05) is 6.54 Å². The Morgan fingerprint density at radius 2 is 2.33 bits per heavy atom. The first-order valence-electron chi connectivity index (χ1n) is 5.77. The summed E-state index contributed by atoms with van der Waals surface area (Å²) in [6, 6.07) is -0.153. The van der Waals surface area contributed by atoms with Gasteiger partial charge in [-0.2, -0.15) is 0 Å². The molecule has 0 fully saturated rings. The molecule has 4 N–H and O–H groups in total. The van der Waals surface area contributed by atoms with E-state index in [9.17, 15) is 0 Å². The summed E-state index contributed by atoms with van der Waals surface area (Å²) >= 11 is 0. The van der Waals surface area contributed by atoms with E-state index in [4.69, 9.17) is 5.73 Å². The summed E-state index contributed by atoms with van der Waals surface area (Å²) < 4.78 is 0. The van der Waals surface area contributed by atoms with Gasteiger partial charge in [-0.15, -0.1) is 0 Å². The van der Waals surface area contributed by atoms with Crippen LogP contribution in [0.15, 0.2) is 61.8 Å². The maximum Gasteiger partial charge on any atom is 0.0921 e. The molecule has 0 saturated heterocycles. The summed E-state index contributed by atoms with van der Waals surface area (Å²) in [6.07, 6.45) is 9.49. The number of imidazole rings is 1. The fourth-order valence-corrected chi connectivity index (χ4v) is 1.45. The first-order valence-corrected chi connectivity index (χ1v) is 5.77. The summed E-state index contributed by atoms with van der Waals surface area (Å²) in [7, 11) is 0. The molecule has 1 aromatic rings. The van der Waals surface area contributed by atoms with E-state index in [0.29, 0.717) is 13.0 Å². The Morgan fingerprint density at radius 1 is 1.56 bits per heavy atom. The summed E-state index contributed by atoms with van der Waals surface area (Å²) in [5, 5.41) is 3.19. The van der Waals surface area contributed by atoms with Crippen molar-refractivity contribution in [2.24, 2.45) is 5.73 Å². The minimum absolute atomic E-state index is 0.153. The van der Waals surface area contributed by atoms with Crippen molar-refractivity contribution in [2.45, 2.75) is 12.5 Å². The highest BCUT2D eigenvalue weighted by atomic mass is 14.9. The summed E-state index contributed by atoms with van der Waals surface area (Å²) in [6.45, 7) is 12.0. The lowest BCUT2D eigenvalue weighted by molar-refractivity contribution is 0.682. The maximum absolute atomic E-state index is 6.03. The third-order valence-corrected chi connectivity index (χ3v) is 2.56. The molecule has 0 bridgehead atoms. The molecular formula is C14H20N4. The van der Waals surface area contributed by atoms with E-state index in [-0.39, 0.29) is 6.04 Å². The van der Waals surface area contributed by atoms with Gasteiger partial charge >= 0.3 is 0 Å². The lowest BCUT2D eigenvalue weighted by atomic mass is 10.1. The van der Waals surface area contributed by atoms with Gasteiger partial charge in [-0.3, -0.25) is 0 Å². The molecule has 0 aliphatic carbocycles. The highest BCUT2D eigenvalue weighted by molar-refractivity contribution is 5.24. The SMILES string of the molecule is C=C/C=C(\C=C)CNC(=C)C(N)Cc1cnc[nH]1. The molecule has 0 spiro atoms. The molecule has 0 aromatic carbocycles. The molecule has 1 aromatic heterocycles. The predicted molar refractivity (Wildman–Crippen MR) is 75.9 cm³/mol. The molecule has 0 aliphatic rings. The van der Waals surface area contributed by atoms with Gasteiger partial charge in [0.1, 0.15) is 0 Å². The average molecular weight is 244 g/mol. The Bertz CT molecular complexity index is 429. The van der Waals surface area contributed by atoms with Crippen LogP contribution < -0.4 is 11.1 Å². The van der Waals surface area contributed by atoms with Crippen LogP contribution in [0.5, 0.6) is 0 Å². The molecule has 1 heterocycles. The number of aromatic nitrogens is 2. The predicted octanol–water partition coefficient (Wildman–Crippen LogP) is 1.68. The fourth-order valence-electron chi connectivity index (χ4n) is 1.45. The van der Waals surface area contributed by atoms with Gasteiger partial charge in [0, 0.05) is 36.6 Å². The van der Waals surface area contributed by atoms with Crippen LogP contribution >= 0.6 is 0 Å². The van der Waals surface area contributed by atoms with Gasteiger partial charge in [-0.1, -0.05) is 38.0 Å². The van der Waals surface area contributed by atoms with Gasteiger partial charge in [0.15, 0.2) is 0 Å². The van der Waals surface area contributed by atoms with E-state index in [0.717, 1.165) is 17.0 Å². The second kappa shape index (κ2) is 7.29. The van der Waals surface area contributed by atoms with Gasteiger partial charge in [-0.05, 0) is 5.57 Å². The summed E-state index contributed by atoms with van der Waals surface area (Å²) in [4.78, 5) is 6.97. The number of nitrogens with one attached hydrogen (secondary N) is 2. The summed E-state index contributed by atoms with van der Waals surface area (Å²) in [5.74, 6) is 0. The molecular weight excluding hydrogens is 224 g/mol. The van der Waals surface area contributed by atoms with Crippen molar-refractivity contribution in [3.8, 4) is 0 Å². The number of allylic oxidation sites excluding steroid dienone is 2. The first-order chi connectivity index (χ1) is 8.67. The molecule has 0 radical (unpaired) electrons. The molecule has 0 saturated carbocycles. The van der Waals surface area contributed by atoms with Gasteiger partial charge < -0.3 is 16.0 Å². The first kappa shape index (κ1) is 14.0. The third kappa shape index (κ3) is 4.43. The zero-order chi connectivity index (χ0) is 13.4. The van der Waals surface area contributed by atoms with Gasteiger partial charge in [-0.25, -0.2) is 4.98 Å². The Labute approximate surface area is 108 Å². The van der Waals surface area contributed by atoms with Gasteiger partial charge in [0.25, 0.3) is 0 Å². The molecule has 4 nitrogen and oxygen atoms in total. The highest BCUT2D eigenvalue weighted by Gasteiger charge is 2.08. The van der Waals surface area contributed by atoms with Crippen molar-refractivity contribution < 1.29 is 0 Å². The van der Waals surface area contributed by atoms with E-state index in [2.05, 4.69) is 35.0 Å². The Balaban J connectivity index is 2.42. The lowest BCUT2D eigenvalue weighted by Crippen LogP contribution is -2.33. The van der Waals surface area contributed by atoms with E-state index in [1.54, 1.807) is 24.7 Å². The van der Waals surface area contributed by atoms with Crippen molar-refractivity contribution >= 4 is 0 Å². The lowest BCUT2D eigenvalue weighted by Gasteiger charge is -2.16. The molecule has 1 atom stereocenters. The van der Waals surface area contributed by atoms with Crippen LogP contribution in [0.3, 0.4) is 0 Å². The number of H-pyrrole nitrogens is 1. The largest absolute Gasteiger partial charge is 0.383 e. The van der Waals surface area contributed by atoms with E-state index in [1.807, 2.05) is 6.08 Å². The quantitative estimate of drug-likeness (QED) is 0.609. The third-order valence-electron chi connectivity index (χ3n) is 2.56. The second-order valence-electron chi connectivity index (χ2n) is 3.95. The van der Waals surface area contributed by atoms with Gasteiger partial charge in [0.05, 0.1) is 6.33 Å². The smallest absolute Gasteiger partial charge is 0.0921 e. The van der Waals surface area contributed by atoms with Crippen molar-refractivity contribution in [1.29, 1.82) is 0 Å². The van der Waals surface area contributed by atoms with Crippen LogP contribution in [-0.4, -0.2) is 22.6 Å². The van der Waals surface area contributed by atoms with E-state index in [1.165, 1.54) is 0 Å². The molecule has 0 amide bonds. The van der Waals surface area contributed by atoms with E-state index >= 15 is 0 Å². The van der Waals surface area contributed by atoms with Crippen molar-refractivity contribution in [3.63, 3.8) is 0 Å². The minimum Gasteiger partial charge on any atom is -0.383 e. The highest BCUT2D eigenvalue weighted by Crippen LogP contribution is 2.03. The summed E-state index contributed by atoms with van der Waals surface area (Å²) in [5.41, 5.74) is 8.87. The molecule has 18 heavy (non-hydrogen) atoms. The van der Waals surface area contributed by atoms with Crippen molar-refractivity contribution in [3.05, 3.63) is 67.5 Å². The number of nitrogens with zero attached hydrogens (tertiary/aromatic N) is 1. The van der Waals surface area contributed by atoms with Crippen LogP contribution in [0.2, 0.25) is 0 Å². The number of aromatic amines is 1. The monoisotopic (exact) mass is 244 g/mol. The zero-order valence-corrected chi connectivity index (χ0v) is 10.5. The second-order valence-corrected chi connectivity index (χ2v) is 3.95. The number of hydrogen-bond acceptors (Lipinski definition) is 3. The Morgan fingerprint density at radius 3 is 2.89 bits per heavy atom. The standard InChI is InChI=1S/C14H20N4/c1-4-6-12(5-2)8-17-11(3)14(15)7-13-9-16-10-18-13/h4-6,9-10,14,17H,1-3,7-8,15H2,(H,16,18)/b12-6+. The maximum atomic E-state index is 6.03. The van der Waals surface area contributed by atoms with Gasteiger partial charge in [0.2, 0.25) is 0 Å². The Kier molecular flexibility index (Phi) is 5.67. The molecule has 96 valence electrons. The number of rotatable bonds is 8. The fraction of sp³-hybridized carbons (Fsp3) is 0.214. The number of hydrogen-bond donors (Lipinski definition) is 3. The average Bonchev–Trinajstić information content (AvgIpc) is 2.86. The van der Waals surface area contributed by atoms with Crippen LogP contribution in [0.1, 0.15) is 5.69 Å². The van der Waals surface area contributed by atoms with Crippen LogP contribution in [0.25, 0.3) is 0 Å².